The van der Waals surface area contributed by atoms with E-state index in [1.165, 1.54) is 12.1 Å². The fraction of sp³-hybridized carbons (Fsp3) is 0. The van der Waals surface area contributed by atoms with E-state index in [4.69, 9.17) is 11.6 Å². The molecule has 0 N–H and O–H groups in total. The van der Waals surface area contributed by atoms with Crippen LogP contribution in [-0.4, -0.2) is 9.78 Å². The molecule has 0 aliphatic rings. The third-order valence-electron chi connectivity index (χ3n) is 2.86. The van der Waals surface area contributed by atoms with Gasteiger partial charge in [-0.15, -0.1) is 0 Å². The summed E-state index contributed by atoms with van der Waals surface area (Å²) in [6, 6.07) is 13.8. The van der Waals surface area contributed by atoms with Crippen LogP contribution < -0.4 is 0 Å². The average molecular weight is 273 g/mol. The van der Waals surface area contributed by atoms with Crippen molar-refractivity contribution in [3.63, 3.8) is 0 Å². The van der Waals surface area contributed by atoms with Crippen molar-refractivity contribution in [2.75, 3.05) is 0 Å². The summed E-state index contributed by atoms with van der Waals surface area (Å²) in [7, 11) is 0. The van der Waals surface area contributed by atoms with E-state index in [0.717, 1.165) is 16.8 Å². The van der Waals surface area contributed by atoms with Crippen molar-refractivity contribution in [3.8, 4) is 16.8 Å². The minimum Gasteiger partial charge on any atom is -0.240 e. The first-order valence-electron chi connectivity index (χ1n) is 5.79. The van der Waals surface area contributed by atoms with Crippen LogP contribution in [0.3, 0.4) is 0 Å². The fourth-order valence-electron chi connectivity index (χ4n) is 1.89. The van der Waals surface area contributed by atoms with E-state index in [2.05, 4.69) is 5.10 Å². The van der Waals surface area contributed by atoms with Gasteiger partial charge in [0.15, 0.2) is 0 Å². The highest BCUT2D eigenvalue weighted by Crippen LogP contribution is 2.27. The summed E-state index contributed by atoms with van der Waals surface area (Å²) in [4.78, 5) is 0. The Labute approximate surface area is 115 Å². The van der Waals surface area contributed by atoms with Crippen molar-refractivity contribution in [2.24, 2.45) is 0 Å². The lowest BCUT2D eigenvalue weighted by molar-refractivity contribution is 0.627. The Balaban J connectivity index is 2.00. The van der Waals surface area contributed by atoms with Gasteiger partial charge in [0.2, 0.25) is 0 Å². The molecule has 0 fully saturated rings. The molecule has 0 unspecified atom stereocenters. The normalized spacial score (nSPS) is 10.6. The molecule has 0 saturated carbocycles. The average Bonchev–Trinajstić information content (AvgIpc) is 2.89. The third-order valence-corrected chi connectivity index (χ3v) is 3.19. The summed E-state index contributed by atoms with van der Waals surface area (Å²) >= 11 is 6.15. The van der Waals surface area contributed by atoms with Gasteiger partial charge < -0.3 is 0 Å². The molecule has 0 bridgehead atoms. The maximum atomic E-state index is 12.9. The highest BCUT2D eigenvalue weighted by atomic mass is 35.5. The maximum absolute atomic E-state index is 12.9. The standard InChI is InChI=1S/C15H10ClFN2/c16-15-4-2-1-3-14(15)11-9-18-19(10-11)13-7-5-12(17)6-8-13/h1-10H. The van der Waals surface area contributed by atoms with Crippen LogP contribution in [0.2, 0.25) is 5.02 Å². The minimum absolute atomic E-state index is 0.262. The molecule has 0 amide bonds. The number of halogens is 2. The van der Waals surface area contributed by atoms with E-state index in [0.29, 0.717) is 5.02 Å². The van der Waals surface area contributed by atoms with Gasteiger partial charge >= 0.3 is 0 Å². The lowest BCUT2D eigenvalue weighted by Gasteiger charge is -2.01. The molecule has 3 aromatic rings. The van der Waals surface area contributed by atoms with Gasteiger partial charge in [-0.2, -0.15) is 5.10 Å². The first-order chi connectivity index (χ1) is 9.24. The lowest BCUT2D eigenvalue weighted by Crippen LogP contribution is -1.93. The van der Waals surface area contributed by atoms with Crippen molar-refractivity contribution >= 4 is 11.6 Å². The Morgan fingerprint density at radius 1 is 1.00 bits per heavy atom. The second-order valence-electron chi connectivity index (χ2n) is 4.13. The molecule has 2 nitrogen and oxygen atoms in total. The van der Waals surface area contributed by atoms with E-state index in [1.807, 2.05) is 30.5 Å². The van der Waals surface area contributed by atoms with Gasteiger partial charge in [-0.3, -0.25) is 0 Å². The highest BCUT2D eigenvalue weighted by Gasteiger charge is 2.06. The Kier molecular flexibility index (Phi) is 3.05. The zero-order valence-corrected chi connectivity index (χ0v) is 10.7. The van der Waals surface area contributed by atoms with E-state index >= 15 is 0 Å². The second-order valence-corrected chi connectivity index (χ2v) is 4.54. The van der Waals surface area contributed by atoms with Crippen LogP contribution in [0.4, 0.5) is 4.39 Å². The van der Waals surface area contributed by atoms with Crippen LogP contribution in [0.15, 0.2) is 60.9 Å². The van der Waals surface area contributed by atoms with Gasteiger partial charge in [0, 0.05) is 22.3 Å². The van der Waals surface area contributed by atoms with Crippen LogP contribution >= 0.6 is 11.6 Å². The summed E-state index contributed by atoms with van der Waals surface area (Å²) in [6.45, 7) is 0. The molecule has 1 aromatic heterocycles. The summed E-state index contributed by atoms with van der Waals surface area (Å²) in [6.07, 6.45) is 3.61. The van der Waals surface area contributed by atoms with Crippen molar-refractivity contribution in [2.45, 2.75) is 0 Å². The summed E-state index contributed by atoms with van der Waals surface area (Å²) < 4.78 is 14.6. The highest BCUT2D eigenvalue weighted by molar-refractivity contribution is 6.33. The van der Waals surface area contributed by atoms with Crippen LogP contribution in [0.5, 0.6) is 0 Å². The van der Waals surface area contributed by atoms with Crippen LogP contribution in [0.1, 0.15) is 0 Å². The summed E-state index contributed by atoms with van der Waals surface area (Å²) in [5, 5.41) is 4.95. The molecule has 0 radical (unpaired) electrons. The molecule has 4 heteroatoms. The molecule has 0 saturated heterocycles. The quantitative estimate of drug-likeness (QED) is 0.679. The zero-order chi connectivity index (χ0) is 13.2. The number of nitrogens with zero attached hydrogens (tertiary/aromatic N) is 2. The Morgan fingerprint density at radius 2 is 1.74 bits per heavy atom. The summed E-state index contributed by atoms with van der Waals surface area (Å²) in [5.74, 6) is -0.262. The number of hydrogen-bond acceptors (Lipinski definition) is 1. The molecule has 94 valence electrons. The van der Waals surface area contributed by atoms with Gasteiger partial charge in [0.05, 0.1) is 11.9 Å². The largest absolute Gasteiger partial charge is 0.240 e. The number of aromatic nitrogens is 2. The van der Waals surface area contributed by atoms with Crippen molar-refractivity contribution < 1.29 is 4.39 Å². The molecular weight excluding hydrogens is 263 g/mol. The monoisotopic (exact) mass is 272 g/mol. The lowest BCUT2D eigenvalue weighted by atomic mass is 10.1. The van der Waals surface area contributed by atoms with Gasteiger partial charge in [0.25, 0.3) is 0 Å². The van der Waals surface area contributed by atoms with Crippen LogP contribution in [0.25, 0.3) is 16.8 Å². The first kappa shape index (κ1) is 11.9. The molecule has 0 aliphatic heterocycles. The van der Waals surface area contributed by atoms with Crippen LogP contribution in [-0.2, 0) is 0 Å². The number of rotatable bonds is 2. The third kappa shape index (κ3) is 2.37. The predicted molar refractivity (Wildman–Crippen MR) is 74.0 cm³/mol. The van der Waals surface area contributed by atoms with Gasteiger partial charge in [0.1, 0.15) is 5.82 Å². The molecule has 1 heterocycles. The van der Waals surface area contributed by atoms with Crippen molar-refractivity contribution in [1.82, 2.24) is 9.78 Å². The molecule has 0 aliphatic carbocycles. The fourth-order valence-corrected chi connectivity index (χ4v) is 2.14. The van der Waals surface area contributed by atoms with Gasteiger partial charge in [-0.05, 0) is 30.3 Å². The molecule has 2 aromatic carbocycles. The van der Waals surface area contributed by atoms with E-state index in [-0.39, 0.29) is 5.82 Å². The van der Waals surface area contributed by atoms with Crippen molar-refractivity contribution in [3.05, 3.63) is 71.8 Å². The Bertz CT molecular complexity index is 704. The minimum atomic E-state index is -0.262. The molecule has 3 rings (SSSR count). The molecular formula is C15H10ClFN2. The van der Waals surface area contributed by atoms with Gasteiger partial charge in [-0.1, -0.05) is 29.8 Å². The predicted octanol–water partition coefficient (Wildman–Crippen LogP) is 4.33. The van der Waals surface area contributed by atoms with E-state index in [1.54, 1.807) is 23.0 Å². The Morgan fingerprint density at radius 3 is 2.47 bits per heavy atom. The smallest absolute Gasteiger partial charge is 0.123 e. The van der Waals surface area contributed by atoms with Gasteiger partial charge in [-0.25, -0.2) is 9.07 Å². The maximum Gasteiger partial charge on any atom is 0.123 e. The molecule has 0 atom stereocenters. The second kappa shape index (κ2) is 4.86. The number of hydrogen-bond donors (Lipinski definition) is 0. The SMILES string of the molecule is Fc1ccc(-n2cc(-c3ccccc3Cl)cn2)cc1. The van der Waals surface area contributed by atoms with E-state index in [9.17, 15) is 4.39 Å². The topological polar surface area (TPSA) is 17.8 Å². The Hall–Kier alpha value is -2.13. The van der Waals surface area contributed by atoms with Crippen molar-refractivity contribution in [1.29, 1.82) is 0 Å². The zero-order valence-electron chi connectivity index (χ0n) is 9.92. The summed E-state index contributed by atoms with van der Waals surface area (Å²) in [5.41, 5.74) is 2.66. The molecule has 0 spiro atoms. The number of benzene rings is 2. The first-order valence-corrected chi connectivity index (χ1v) is 6.17. The van der Waals surface area contributed by atoms with E-state index < -0.39 is 0 Å². The van der Waals surface area contributed by atoms with Crippen LogP contribution in [0, 0.1) is 5.82 Å². The molecule has 19 heavy (non-hydrogen) atoms.